The van der Waals surface area contributed by atoms with Crippen molar-refractivity contribution in [2.75, 3.05) is 19.0 Å². The molecule has 0 saturated carbocycles. The van der Waals surface area contributed by atoms with E-state index >= 15 is 0 Å². The van der Waals surface area contributed by atoms with E-state index in [2.05, 4.69) is 6.66 Å². The van der Waals surface area contributed by atoms with E-state index in [-0.39, 0.29) is 0 Å². The van der Waals surface area contributed by atoms with E-state index in [0.29, 0.717) is 7.92 Å². The Morgan fingerprint density at radius 2 is 2.18 bits per heavy atom. The molecule has 4 atom stereocenters. The maximum absolute atomic E-state index is 2.54. The molecule has 2 aliphatic rings. The SMILES string of the molecule is CP1CCC[C@@H]1[C@H]1CCCP1. The third-order valence-corrected chi connectivity index (χ3v) is 8.05. The van der Waals surface area contributed by atoms with Gasteiger partial charge < -0.3 is 0 Å². The van der Waals surface area contributed by atoms with Gasteiger partial charge in [0, 0.05) is 0 Å². The Morgan fingerprint density at radius 1 is 1.27 bits per heavy atom. The first-order valence-corrected chi connectivity index (χ1v) is 8.14. The number of hydrogen-bond acceptors (Lipinski definition) is 0. The lowest BCUT2D eigenvalue weighted by Gasteiger charge is -2.22. The van der Waals surface area contributed by atoms with Crippen molar-refractivity contribution in [2.24, 2.45) is 0 Å². The van der Waals surface area contributed by atoms with Crippen LogP contribution in [0.5, 0.6) is 0 Å². The van der Waals surface area contributed by atoms with Crippen molar-refractivity contribution >= 4 is 16.5 Å². The Labute approximate surface area is 73.1 Å². The second kappa shape index (κ2) is 3.71. The smallest absolute Gasteiger partial charge is 0.0146 e. The van der Waals surface area contributed by atoms with Gasteiger partial charge in [-0.05, 0) is 56.0 Å². The van der Waals surface area contributed by atoms with Gasteiger partial charge in [0.25, 0.3) is 0 Å². The molecule has 0 aliphatic carbocycles. The van der Waals surface area contributed by atoms with E-state index in [1.165, 1.54) is 19.9 Å². The molecule has 2 aliphatic heterocycles. The van der Waals surface area contributed by atoms with Crippen LogP contribution in [0, 0.1) is 0 Å². The van der Waals surface area contributed by atoms with Crippen molar-refractivity contribution < 1.29 is 0 Å². The zero-order valence-electron chi connectivity index (χ0n) is 7.34. The predicted molar refractivity (Wildman–Crippen MR) is 56.9 cm³/mol. The van der Waals surface area contributed by atoms with E-state index in [9.17, 15) is 0 Å². The molecule has 0 N–H and O–H groups in total. The van der Waals surface area contributed by atoms with E-state index in [1.807, 2.05) is 0 Å². The molecular weight excluding hydrogens is 170 g/mol. The van der Waals surface area contributed by atoms with Crippen LogP contribution >= 0.6 is 16.5 Å². The summed E-state index contributed by atoms with van der Waals surface area (Å²) in [7, 11) is 1.80. The lowest BCUT2D eigenvalue weighted by atomic mass is 10.1. The van der Waals surface area contributed by atoms with E-state index in [0.717, 1.165) is 0 Å². The summed E-state index contributed by atoms with van der Waals surface area (Å²) in [6.45, 7) is 2.54. The third kappa shape index (κ3) is 1.78. The summed E-state index contributed by atoms with van der Waals surface area (Å²) in [5, 5.41) is 0. The quantitative estimate of drug-likeness (QED) is 0.554. The second-order valence-corrected chi connectivity index (χ2v) is 8.17. The van der Waals surface area contributed by atoms with Crippen LogP contribution in [0.15, 0.2) is 0 Å². The fraction of sp³-hybridized carbons (Fsp3) is 1.00. The van der Waals surface area contributed by atoms with Gasteiger partial charge in [-0.25, -0.2) is 0 Å². The molecule has 0 aromatic heterocycles. The Kier molecular flexibility index (Phi) is 2.86. The normalized spacial score (nSPS) is 47.2. The van der Waals surface area contributed by atoms with Crippen molar-refractivity contribution in [3.8, 4) is 0 Å². The maximum atomic E-state index is 2.54. The van der Waals surface area contributed by atoms with Crippen LogP contribution in [0.1, 0.15) is 25.7 Å². The highest BCUT2D eigenvalue weighted by molar-refractivity contribution is 7.59. The first-order chi connectivity index (χ1) is 5.38. The summed E-state index contributed by atoms with van der Waals surface area (Å²) in [6.07, 6.45) is 9.40. The minimum absolute atomic E-state index is 0.467. The Hall–Kier alpha value is 0.860. The molecule has 11 heavy (non-hydrogen) atoms. The summed E-state index contributed by atoms with van der Waals surface area (Å²) < 4.78 is 0. The van der Waals surface area contributed by atoms with Gasteiger partial charge in [-0.2, -0.15) is 0 Å². The Bertz CT molecular complexity index is 130. The van der Waals surface area contributed by atoms with Crippen LogP contribution < -0.4 is 0 Å². The van der Waals surface area contributed by atoms with E-state index in [4.69, 9.17) is 0 Å². The summed E-state index contributed by atoms with van der Waals surface area (Å²) in [4.78, 5) is 0. The van der Waals surface area contributed by atoms with Crippen molar-refractivity contribution in [1.82, 2.24) is 0 Å². The van der Waals surface area contributed by atoms with E-state index < -0.39 is 0 Å². The minimum Gasteiger partial charge on any atom is -0.118 e. The van der Waals surface area contributed by atoms with Crippen LogP contribution in [0.25, 0.3) is 0 Å². The first kappa shape index (κ1) is 8.46. The third-order valence-electron chi connectivity index (χ3n) is 3.14. The molecule has 0 amide bonds. The molecule has 2 heterocycles. The first-order valence-electron chi connectivity index (χ1n) is 4.81. The summed E-state index contributed by atoms with van der Waals surface area (Å²) in [5.74, 6) is 0. The average Bonchev–Trinajstić information content (AvgIpc) is 2.55. The van der Waals surface area contributed by atoms with E-state index in [1.54, 1.807) is 38.0 Å². The van der Waals surface area contributed by atoms with Gasteiger partial charge in [0.2, 0.25) is 0 Å². The van der Waals surface area contributed by atoms with Gasteiger partial charge in [-0.1, -0.05) is 0 Å². The Morgan fingerprint density at radius 3 is 2.73 bits per heavy atom. The topological polar surface area (TPSA) is 0 Å². The van der Waals surface area contributed by atoms with Crippen molar-refractivity contribution in [1.29, 1.82) is 0 Å². The monoisotopic (exact) mass is 188 g/mol. The fourth-order valence-electron chi connectivity index (χ4n) is 2.48. The lowest BCUT2D eigenvalue weighted by Crippen LogP contribution is -2.13. The molecule has 0 radical (unpaired) electrons. The number of rotatable bonds is 1. The summed E-state index contributed by atoms with van der Waals surface area (Å²) >= 11 is 0. The van der Waals surface area contributed by atoms with Crippen LogP contribution in [0.2, 0.25) is 0 Å². The summed E-state index contributed by atoms with van der Waals surface area (Å²) in [6, 6.07) is 0. The van der Waals surface area contributed by atoms with Crippen LogP contribution in [-0.4, -0.2) is 30.3 Å². The summed E-state index contributed by atoms with van der Waals surface area (Å²) in [5.41, 5.74) is 2.39. The molecule has 2 heteroatoms. The average molecular weight is 188 g/mol. The second-order valence-electron chi connectivity index (χ2n) is 3.89. The zero-order chi connectivity index (χ0) is 7.68. The standard InChI is InChI=1S/C9H18P2/c1-11-7-3-5-9(11)8-4-2-6-10-8/h8-10H,2-7H2,1H3/t8-,9-,11?/m1/s1. The van der Waals surface area contributed by atoms with Gasteiger partial charge >= 0.3 is 0 Å². The zero-order valence-corrected chi connectivity index (χ0v) is 9.24. The highest BCUT2D eigenvalue weighted by Gasteiger charge is 2.31. The van der Waals surface area contributed by atoms with Crippen LogP contribution in [0.3, 0.4) is 0 Å². The molecule has 64 valence electrons. The fourth-order valence-corrected chi connectivity index (χ4v) is 7.59. The molecule has 0 bridgehead atoms. The molecule has 0 aromatic rings. The maximum Gasteiger partial charge on any atom is -0.0146 e. The van der Waals surface area contributed by atoms with Gasteiger partial charge in [-0.15, -0.1) is 16.5 Å². The molecule has 0 nitrogen and oxygen atoms in total. The predicted octanol–water partition coefficient (Wildman–Crippen LogP) is 3.10. The minimum atomic E-state index is 0.467. The van der Waals surface area contributed by atoms with Crippen molar-refractivity contribution in [2.45, 2.75) is 37.0 Å². The van der Waals surface area contributed by atoms with Gasteiger partial charge in [-0.3, -0.25) is 0 Å². The largest absolute Gasteiger partial charge is 0.118 e. The van der Waals surface area contributed by atoms with Crippen LogP contribution in [0.4, 0.5) is 0 Å². The molecule has 2 saturated heterocycles. The highest BCUT2D eigenvalue weighted by Crippen LogP contribution is 2.54. The highest BCUT2D eigenvalue weighted by atomic mass is 31.1. The van der Waals surface area contributed by atoms with Crippen molar-refractivity contribution in [3.63, 3.8) is 0 Å². The van der Waals surface area contributed by atoms with Gasteiger partial charge in [0.05, 0.1) is 0 Å². The molecule has 0 aromatic carbocycles. The molecule has 2 fully saturated rings. The number of hydrogen-bond donors (Lipinski definition) is 0. The molecule has 0 spiro atoms. The molecule has 2 unspecified atom stereocenters. The van der Waals surface area contributed by atoms with Crippen LogP contribution in [-0.2, 0) is 0 Å². The molecular formula is C9H18P2. The van der Waals surface area contributed by atoms with Gasteiger partial charge in [0.1, 0.15) is 0 Å². The molecule has 2 rings (SSSR count). The van der Waals surface area contributed by atoms with Gasteiger partial charge in [0.15, 0.2) is 0 Å². The lowest BCUT2D eigenvalue weighted by molar-refractivity contribution is 0.697. The Balaban J connectivity index is 1.92. The van der Waals surface area contributed by atoms with Crippen molar-refractivity contribution in [3.05, 3.63) is 0 Å².